The predicted octanol–water partition coefficient (Wildman–Crippen LogP) is 3.62. The van der Waals surface area contributed by atoms with Gasteiger partial charge in [-0.1, -0.05) is 52.0 Å². The van der Waals surface area contributed by atoms with E-state index in [2.05, 4.69) is 57.3 Å². The molecule has 1 aromatic carbocycles. The van der Waals surface area contributed by atoms with E-state index < -0.39 is 6.10 Å². The fraction of sp³-hybridized carbons (Fsp3) is 0.625. The summed E-state index contributed by atoms with van der Waals surface area (Å²) in [5.74, 6) is 0.538. The van der Waals surface area contributed by atoms with Gasteiger partial charge in [-0.3, -0.25) is 0 Å². The molecule has 2 unspecified atom stereocenters. The first-order chi connectivity index (χ1) is 8.60. The van der Waals surface area contributed by atoms with Crippen molar-refractivity contribution in [2.45, 2.75) is 58.6 Å². The minimum atomic E-state index is -0.414. The zero-order valence-electron chi connectivity index (χ0n) is 12.1. The topological polar surface area (TPSA) is 32.3 Å². The Labute approximate surface area is 111 Å². The molecule has 1 aromatic rings. The summed E-state index contributed by atoms with van der Waals surface area (Å²) in [7, 11) is 0. The van der Waals surface area contributed by atoms with Gasteiger partial charge in [-0.25, -0.2) is 0 Å². The Kier molecular flexibility index (Phi) is 6.37. The molecule has 2 heteroatoms. The highest BCUT2D eigenvalue weighted by atomic mass is 16.3. The van der Waals surface area contributed by atoms with E-state index in [-0.39, 0.29) is 6.04 Å². The molecule has 2 atom stereocenters. The normalized spacial score (nSPS) is 14.8. The number of benzene rings is 1. The van der Waals surface area contributed by atoms with Crippen molar-refractivity contribution >= 4 is 0 Å². The molecule has 18 heavy (non-hydrogen) atoms. The molecule has 0 bridgehead atoms. The molecule has 0 aliphatic rings. The van der Waals surface area contributed by atoms with Crippen molar-refractivity contribution in [3.8, 4) is 0 Å². The SMILES string of the molecule is CCCNC(CC)C(O)c1ccc(C(C)C)cc1. The van der Waals surface area contributed by atoms with E-state index in [0.717, 1.165) is 24.9 Å². The lowest BCUT2D eigenvalue weighted by Gasteiger charge is -2.23. The maximum Gasteiger partial charge on any atom is 0.0942 e. The van der Waals surface area contributed by atoms with E-state index in [9.17, 15) is 5.11 Å². The third-order valence-corrected chi connectivity index (χ3v) is 3.42. The van der Waals surface area contributed by atoms with Crippen LogP contribution in [0.25, 0.3) is 0 Å². The maximum absolute atomic E-state index is 10.4. The smallest absolute Gasteiger partial charge is 0.0942 e. The van der Waals surface area contributed by atoms with Crippen LogP contribution in [0.15, 0.2) is 24.3 Å². The Bertz CT molecular complexity index is 331. The summed E-state index contributed by atoms with van der Waals surface area (Å²) >= 11 is 0. The van der Waals surface area contributed by atoms with Gasteiger partial charge in [-0.15, -0.1) is 0 Å². The summed E-state index contributed by atoms with van der Waals surface area (Å²) in [6.45, 7) is 9.58. The first kappa shape index (κ1) is 15.2. The molecule has 0 radical (unpaired) electrons. The molecule has 0 aliphatic carbocycles. The van der Waals surface area contributed by atoms with Crippen molar-refractivity contribution in [3.63, 3.8) is 0 Å². The third-order valence-electron chi connectivity index (χ3n) is 3.42. The molecule has 2 nitrogen and oxygen atoms in total. The summed E-state index contributed by atoms with van der Waals surface area (Å²) in [4.78, 5) is 0. The molecule has 0 heterocycles. The molecule has 1 rings (SSSR count). The van der Waals surface area contributed by atoms with Gasteiger partial charge in [0.15, 0.2) is 0 Å². The molecule has 0 spiro atoms. The molecule has 2 N–H and O–H groups in total. The minimum absolute atomic E-state index is 0.148. The van der Waals surface area contributed by atoms with Gasteiger partial charge in [-0.2, -0.15) is 0 Å². The molecular formula is C16H27NO. The van der Waals surface area contributed by atoms with Crippen LogP contribution in [0.1, 0.15) is 63.7 Å². The maximum atomic E-state index is 10.4. The summed E-state index contributed by atoms with van der Waals surface area (Å²) in [6.07, 6.45) is 1.62. The second-order valence-corrected chi connectivity index (χ2v) is 5.24. The van der Waals surface area contributed by atoms with Gasteiger partial charge in [0.1, 0.15) is 0 Å². The fourth-order valence-corrected chi connectivity index (χ4v) is 2.12. The van der Waals surface area contributed by atoms with Crippen molar-refractivity contribution in [1.82, 2.24) is 5.32 Å². The van der Waals surface area contributed by atoms with Gasteiger partial charge >= 0.3 is 0 Å². The predicted molar refractivity (Wildman–Crippen MR) is 77.9 cm³/mol. The molecule has 0 saturated carbocycles. The highest BCUT2D eigenvalue weighted by Crippen LogP contribution is 2.22. The van der Waals surface area contributed by atoms with Gasteiger partial charge in [0, 0.05) is 6.04 Å². The lowest BCUT2D eigenvalue weighted by Crippen LogP contribution is -2.34. The second-order valence-electron chi connectivity index (χ2n) is 5.24. The molecule has 0 saturated heterocycles. The van der Waals surface area contributed by atoms with Crippen LogP contribution in [0.4, 0.5) is 0 Å². The first-order valence-electron chi connectivity index (χ1n) is 7.11. The molecule has 0 aliphatic heterocycles. The van der Waals surface area contributed by atoms with Gasteiger partial charge in [-0.05, 0) is 36.4 Å². The Morgan fingerprint density at radius 1 is 1.06 bits per heavy atom. The molecular weight excluding hydrogens is 222 g/mol. The molecule has 0 amide bonds. The quantitative estimate of drug-likeness (QED) is 0.773. The average molecular weight is 249 g/mol. The molecule has 0 aromatic heterocycles. The third kappa shape index (κ3) is 4.11. The number of nitrogens with one attached hydrogen (secondary N) is 1. The summed E-state index contributed by atoms with van der Waals surface area (Å²) < 4.78 is 0. The lowest BCUT2D eigenvalue weighted by atomic mass is 9.96. The molecule has 102 valence electrons. The number of aliphatic hydroxyl groups excluding tert-OH is 1. The van der Waals surface area contributed by atoms with Crippen LogP contribution in [0.3, 0.4) is 0 Å². The highest BCUT2D eigenvalue weighted by Gasteiger charge is 2.18. The van der Waals surface area contributed by atoms with Crippen LogP contribution in [-0.4, -0.2) is 17.7 Å². The Morgan fingerprint density at radius 3 is 2.06 bits per heavy atom. The van der Waals surface area contributed by atoms with Crippen LogP contribution >= 0.6 is 0 Å². The van der Waals surface area contributed by atoms with E-state index in [1.807, 2.05) is 0 Å². The monoisotopic (exact) mass is 249 g/mol. The van der Waals surface area contributed by atoms with Crippen molar-refractivity contribution in [3.05, 3.63) is 35.4 Å². The average Bonchev–Trinajstić information content (AvgIpc) is 2.39. The standard InChI is InChI=1S/C16H27NO/c1-5-11-17-15(6-2)16(18)14-9-7-13(8-10-14)12(3)4/h7-10,12,15-18H,5-6,11H2,1-4H3. The van der Waals surface area contributed by atoms with E-state index >= 15 is 0 Å². The lowest BCUT2D eigenvalue weighted by molar-refractivity contribution is 0.126. The Morgan fingerprint density at radius 2 is 1.61 bits per heavy atom. The van der Waals surface area contributed by atoms with Crippen molar-refractivity contribution in [2.75, 3.05) is 6.54 Å². The summed E-state index contributed by atoms with van der Waals surface area (Å²) in [5.41, 5.74) is 2.33. The summed E-state index contributed by atoms with van der Waals surface area (Å²) in [6, 6.07) is 8.49. The van der Waals surface area contributed by atoms with E-state index in [1.165, 1.54) is 5.56 Å². The zero-order chi connectivity index (χ0) is 13.5. The number of aliphatic hydroxyl groups is 1. The first-order valence-corrected chi connectivity index (χ1v) is 7.11. The van der Waals surface area contributed by atoms with Crippen LogP contribution in [0.5, 0.6) is 0 Å². The summed E-state index contributed by atoms with van der Waals surface area (Å²) in [5, 5.41) is 13.8. The fourth-order valence-electron chi connectivity index (χ4n) is 2.12. The van der Waals surface area contributed by atoms with Crippen LogP contribution in [0.2, 0.25) is 0 Å². The van der Waals surface area contributed by atoms with E-state index in [4.69, 9.17) is 0 Å². The van der Waals surface area contributed by atoms with E-state index in [0.29, 0.717) is 5.92 Å². The van der Waals surface area contributed by atoms with Crippen molar-refractivity contribution in [2.24, 2.45) is 0 Å². The van der Waals surface area contributed by atoms with Gasteiger partial charge < -0.3 is 10.4 Å². The number of hydrogen-bond acceptors (Lipinski definition) is 2. The Balaban J connectivity index is 2.72. The van der Waals surface area contributed by atoms with E-state index in [1.54, 1.807) is 0 Å². The second kappa shape index (κ2) is 7.55. The largest absolute Gasteiger partial charge is 0.387 e. The number of rotatable bonds is 7. The van der Waals surface area contributed by atoms with Gasteiger partial charge in [0.25, 0.3) is 0 Å². The number of hydrogen-bond donors (Lipinski definition) is 2. The van der Waals surface area contributed by atoms with Gasteiger partial charge in [0.05, 0.1) is 6.10 Å². The van der Waals surface area contributed by atoms with Crippen LogP contribution < -0.4 is 5.32 Å². The van der Waals surface area contributed by atoms with Gasteiger partial charge in [0.2, 0.25) is 0 Å². The molecule has 0 fully saturated rings. The van der Waals surface area contributed by atoms with Crippen LogP contribution in [0, 0.1) is 0 Å². The van der Waals surface area contributed by atoms with Crippen molar-refractivity contribution in [1.29, 1.82) is 0 Å². The highest BCUT2D eigenvalue weighted by molar-refractivity contribution is 5.26. The van der Waals surface area contributed by atoms with Crippen molar-refractivity contribution < 1.29 is 5.11 Å². The minimum Gasteiger partial charge on any atom is -0.387 e. The Hall–Kier alpha value is -0.860. The zero-order valence-corrected chi connectivity index (χ0v) is 12.1. The van der Waals surface area contributed by atoms with Crippen LogP contribution in [-0.2, 0) is 0 Å².